The zero-order chi connectivity index (χ0) is 16.4. The second kappa shape index (κ2) is 6.72. The average Bonchev–Trinajstić information content (AvgIpc) is 2.97. The van der Waals surface area contributed by atoms with Crippen LogP contribution in [0.1, 0.15) is 31.6 Å². The molecule has 1 aliphatic heterocycles. The first-order chi connectivity index (χ1) is 11.0. The van der Waals surface area contributed by atoms with Gasteiger partial charge in [0.2, 0.25) is 5.91 Å². The van der Waals surface area contributed by atoms with Gasteiger partial charge in [0, 0.05) is 19.0 Å². The van der Waals surface area contributed by atoms with E-state index < -0.39 is 0 Å². The predicted molar refractivity (Wildman–Crippen MR) is 89.1 cm³/mol. The molecule has 5 nitrogen and oxygen atoms in total. The van der Waals surface area contributed by atoms with Gasteiger partial charge in [-0.25, -0.2) is 0 Å². The fourth-order valence-electron chi connectivity index (χ4n) is 3.09. The van der Waals surface area contributed by atoms with Gasteiger partial charge in [-0.1, -0.05) is 18.2 Å². The third-order valence-electron chi connectivity index (χ3n) is 4.67. The van der Waals surface area contributed by atoms with Crippen LogP contribution in [0.5, 0.6) is 0 Å². The molecule has 0 bridgehead atoms. The van der Waals surface area contributed by atoms with Crippen LogP contribution in [0.25, 0.3) is 11.0 Å². The van der Waals surface area contributed by atoms with Crippen molar-refractivity contribution in [1.82, 2.24) is 9.80 Å². The fourth-order valence-corrected chi connectivity index (χ4v) is 3.09. The number of hydrogen-bond donors (Lipinski definition) is 1. The number of β-amino-alcohol motifs (C(OH)–C–C–N with tert-alkyl or cyclic N) is 1. The quantitative estimate of drug-likeness (QED) is 0.941. The van der Waals surface area contributed by atoms with Gasteiger partial charge in [0.25, 0.3) is 0 Å². The first kappa shape index (κ1) is 16.0. The monoisotopic (exact) mass is 316 g/mol. The summed E-state index contributed by atoms with van der Waals surface area (Å²) < 4.78 is 5.86. The number of nitrogens with zero attached hydrogens (tertiary/aromatic N) is 2. The highest BCUT2D eigenvalue weighted by atomic mass is 16.3. The van der Waals surface area contributed by atoms with E-state index in [0.29, 0.717) is 13.1 Å². The van der Waals surface area contributed by atoms with Gasteiger partial charge in [-0.2, -0.15) is 0 Å². The van der Waals surface area contributed by atoms with E-state index in [1.165, 1.54) is 0 Å². The number of fused-ring (bicyclic) bond motifs is 1. The first-order valence-corrected chi connectivity index (χ1v) is 8.19. The van der Waals surface area contributed by atoms with E-state index in [2.05, 4.69) is 0 Å². The number of likely N-dealkylation sites (tertiary alicyclic amines) is 1. The third-order valence-corrected chi connectivity index (χ3v) is 4.67. The molecule has 1 amide bonds. The van der Waals surface area contributed by atoms with Crippen LogP contribution in [-0.4, -0.2) is 53.6 Å². The molecule has 3 rings (SSSR count). The molecule has 2 atom stereocenters. The van der Waals surface area contributed by atoms with Crippen LogP contribution in [0, 0.1) is 0 Å². The summed E-state index contributed by atoms with van der Waals surface area (Å²) >= 11 is 0. The van der Waals surface area contributed by atoms with E-state index in [1.807, 2.05) is 42.2 Å². The number of benzene rings is 1. The van der Waals surface area contributed by atoms with E-state index in [9.17, 15) is 9.90 Å². The molecule has 1 fully saturated rings. The maximum absolute atomic E-state index is 12.5. The Morgan fingerprint density at radius 2 is 2.26 bits per heavy atom. The minimum atomic E-state index is -0.311. The Labute approximate surface area is 136 Å². The number of furan rings is 1. The SMILES string of the molecule is CC(c1cc2ccccc2o1)N(C)C(=O)CN1CCCC(O)C1. The molecule has 2 unspecified atom stereocenters. The van der Waals surface area contributed by atoms with Crippen LogP contribution in [0.2, 0.25) is 0 Å². The molecule has 1 aliphatic rings. The average molecular weight is 316 g/mol. The predicted octanol–water partition coefficient (Wildman–Crippen LogP) is 2.41. The molecule has 1 aromatic carbocycles. The van der Waals surface area contributed by atoms with Crippen molar-refractivity contribution in [3.63, 3.8) is 0 Å². The lowest BCUT2D eigenvalue weighted by Crippen LogP contribution is -2.45. The Kier molecular flexibility index (Phi) is 4.68. The van der Waals surface area contributed by atoms with Gasteiger partial charge < -0.3 is 14.4 Å². The standard InChI is InChI=1S/C18H24N2O3/c1-13(17-10-14-6-3-4-8-16(14)23-17)19(2)18(22)12-20-9-5-7-15(21)11-20/h3-4,6,8,10,13,15,21H,5,7,9,11-12H2,1-2H3. The Hall–Kier alpha value is -1.85. The van der Waals surface area contributed by atoms with Crippen molar-refractivity contribution in [3.05, 3.63) is 36.1 Å². The molecule has 0 spiro atoms. The molecule has 0 aliphatic carbocycles. The number of likely N-dealkylation sites (N-methyl/N-ethyl adjacent to an activating group) is 1. The van der Waals surface area contributed by atoms with Gasteiger partial charge in [-0.15, -0.1) is 0 Å². The molecule has 1 saturated heterocycles. The largest absolute Gasteiger partial charge is 0.459 e. The summed E-state index contributed by atoms with van der Waals surface area (Å²) in [5, 5.41) is 10.8. The number of carbonyl (C=O) groups is 1. The lowest BCUT2D eigenvalue weighted by atomic mass is 10.1. The molecular formula is C18H24N2O3. The molecule has 124 valence electrons. The number of carbonyl (C=O) groups excluding carboxylic acids is 1. The van der Waals surface area contributed by atoms with Crippen LogP contribution in [0.3, 0.4) is 0 Å². The van der Waals surface area contributed by atoms with E-state index in [-0.39, 0.29) is 18.1 Å². The second-order valence-electron chi connectivity index (χ2n) is 6.40. The molecule has 1 N–H and O–H groups in total. The molecule has 1 aromatic heterocycles. The summed E-state index contributed by atoms with van der Waals surface area (Å²) in [4.78, 5) is 16.3. The first-order valence-electron chi connectivity index (χ1n) is 8.19. The molecule has 2 aromatic rings. The number of rotatable bonds is 4. The van der Waals surface area contributed by atoms with Crippen molar-refractivity contribution in [2.24, 2.45) is 0 Å². The summed E-state index contributed by atoms with van der Waals surface area (Å²) in [7, 11) is 1.81. The molecule has 5 heteroatoms. The van der Waals surface area contributed by atoms with Gasteiger partial charge >= 0.3 is 0 Å². The number of aliphatic hydroxyl groups is 1. The smallest absolute Gasteiger partial charge is 0.237 e. The van der Waals surface area contributed by atoms with Gasteiger partial charge in [0.1, 0.15) is 11.3 Å². The summed E-state index contributed by atoms with van der Waals surface area (Å²) in [6.45, 7) is 3.77. The highest BCUT2D eigenvalue weighted by Gasteiger charge is 2.25. The second-order valence-corrected chi connectivity index (χ2v) is 6.40. The Bertz CT molecular complexity index is 649. The third kappa shape index (κ3) is 3.57. The highest BCUT2D eigenvalue weighted by molar-refractivity contribution is 5.80. The Balaban J connectivity index is 1.66. The van der Waals surface area contributed by atoms with Crippen molar-refractivity contribution in [1.29, 1.82) is 0 Å². The molecule has 2 heterocycles. The van der Waals surface area contributed by atoms with Crippen LogP contribution < -0.4 is 0 Å². The van der Waals surface area contributed by atoms with Crippen molar-refractivity contribution < 1.29 is 14.3 Å². The summed E-state index contributed by atoms with van der Waals surface area (Å²) in [5.41, 5.74) is 0.842. The maximum Gasteiger partial charge on any atom is 0.237 e. The minimum absolute atomic E-state index is 0.0482. The topological polar surface area (TPSA) is 56.9 Å². The van der Waals surface area contributed by atoms with E-state index >= 15 is 0 Å². The van der Waals surface area contributed by atoms with Crippen LogP contribution in [0.4, 0.5) is 0 Å². The molecule has 0 saturated carbocycles. The zero-order valence-electron chi connectivity index (χ0n) is 13.7. The zero-order valence-corrected chi connectivity index (χ0v) is 13.7. The Morgan fingerprint density at radius 3 is 3.00 bits per heavy atom. The summed E-state index contributed by atoms with van der Waals surface area (Å²) in [6.07, 6.45) is 1.46. The van der Waals surface area contributed by atoms with Crippen molar-refractivity contribution >= 4 is 16.9 Å². The number of piperidine rings is 1. The maximum atomic E-state index is 12.5. The van der Waals surface area contributed by atoms with E-state index in [0.717, 1.165) is 36.1 Å². The van der Waals surface area contributed by atoms with Crippen LogP contribution in [0.15, 0.2) is 34.7 Å². The van der Waals surface area contributed by atoms with Crippen LogP contribution in [-0.2, 0) is 4.79 Å². The lowest BCUT2D eigenvalue weighted by molar-refractivity contribution is -0.134. The summed E-state index contributed by atoms with van der Waals surface area (Å²) in [6, 6.07) is 9.73. The van der Waals surface area contributed by atoms with Gasteiger partial charge in [0.05, 0.1) is 18.7 Å². The van der Waals surface area contributed by atoms with Gasteiger partial charge in [-0.05, 0) is 38.4 Å². The molecule has 0 radical (unpaired) electrons. The highest BCUT2D eigenvalue weighted by Crippen LogP contribution is 2.26. The normalized spacial score (nSPS) is 20.6. The fraction of sp³-hybridized carbons (Fsp3) is 0.500. The number of aliphatic hydroxyl groups excluding tert-OH is 1. The molecule has 23 heavy (non-hydrogen) atoms. The molecular weight excluding hydrogens is 292 g/mol. The van der Waals surface area contributed by atoms with E-state index in [1.54, 1.807) is 11.9 Å². The van der Waals surface area contributed by atoms with Crippen LogP contribution >= 0.6 is 0 Å². The summed E-state index contributed by atoms with van der Waals surface area (Å²) in [5.74, 6) is 0.841. The lowest BCUT2D eigenvalue weighted by Gasteiger charge is -2.32. The van der Waals surface area contributed by atoms with Gasteiger partial charge in [0.15, 0.2) is 0 Å². The minimum Gasteiger partial charge on any atom is -0.459 e. The number of para-hydroxylation sites is 1. The number of amides is 1. The van der Waals surface area contributed by atoms with Crippen molar-refractivity contribution in [3.8, 4) is 0 Å². The Morgan fingerprint density at radius 1 is 1.48 bits per heavy atom. The number of hydrogen-bond acceptors (Lipinski definition) is 4. The van der Waals surface area contributed by atoms with Crippen molar-refractivity contribution in [2.45, 2.75) is 31.9 Å². The van der Waals surface area contributed by atoms with Crippen molar-refractivity contribution in [2.75, 3.05) is 26.7 Å². The van der Waals surface area contributed by atoms with Gasteiger partial charge in [-0.3, -0.25) is 9.69 Å². The van der Waals surface area contributed by atoms with E-state index in [4.69, 9.17) is 4.42 Å².